The number of aromatic nitrogens is 2. The summed E-state index contributed by atoms with van der Waals surface area (Å²) >= 11 is 0. The first-order valence-corrected chi connectivity index (χ1v) is 8.11. The summed E-state index contributed by atoms with van der Waals surface area (Å²) in [5.41, 5.74) is 1.15. The van der Waals surface area contributed by atoms with Crippen molar-refractivity contribution in [1.82, 2.24) is 9.55 Å². The van der Waals surface area contributed by atoms with Crippen LogP contribution >= 0.6 is 0 Å². The van der Waals surface area contributed by atoms with Gasteiger partial charge in [0.2, 0.25) is 11.7 Å². The maximum Gasteiger partial charge on any atom is 0.297 e. The van der Waals surface area contributed by atoms with E-state index in [0.29, 0.717) is 18.1 Å². The van der Waals surface area contributed by atoms with E-state index in [2.05, 4.69) is 16.0 Å². The molecule has 0 unspecified atom stereocenters. The van der Waals surface area contributed by atoms with Crippen LogP contribution in [0.5, 0.6) is 5.75 Å². The molecule has 6 nitrogen and oxygen atoms in total. The number of nitriles is 1. The number of hydrogen-bond donors (Lipinski definition) is 0. The molecule has 1 saturated heterocycles. The maximum atomic E-state index is 12.8. The number of hydrogen-bond acceptors (Lipinski definition) is 5. The minimum Gasteiger partial charge on any atom is -0.490 e. The van der Waals surface area contributed by atoms with Gasteiger partial charge in [-0.15, -0.1) is 0 Å². The zero-order valence-corrected chi connectivity index (χ0v) is 13.7. The Bertz CT molecular complexity index is 816. The molecule has 1 aliphatic heterocycles. The van der Waals surface area contributed by atoms with Gasteiger partial charge in [-0.3, -0.25) is 9.36 Å². The summed E-state index contributed by atoms with van der Waals surface area (Å²) in [6.07, 6.45) is 4.88. The van der Waals surface area contributed by atoms with Crippen LogP contribution in [0.1, 0.15) is 30.4 Å². The average Bonchev–Trinajstić information content (AvgIpc) is 2.64. The number of nitrogens with zero attached hydrogens (tertiary/aromatic N) is 4. The quantitative estimate of drug-likeness (QED) is 0.862. The Kier molecular flexibility index (Phi) is 4.80. The highest BCUT2D eigenvalue weighted by atomic mass is 16.5. The highest BCUT2D eigenvalue weighted by Gasteiger charge is 2.19. The molecule has 0 amide bonds. The Morgan fingerprint density at radius 3 is 2.71 bits per heavy atom. The topological polar surface area (TPSA) is 71.2 Å². The lowest BCUT2D eigenvalue weighted by molar-refractivity contribution is 0.399. The van der Waals surface area contributed by atoms with E-state index >= 15 is 0 Å². The van der Waals surface area contributed by atoms with Crippen molar-refractivity contribution >= 4 is 5.95 Å². The van der Waals surface area contributed by atoms with Crippen LogP contribution in [0.2, 0.25) is 0 Å². The summed E-state index contributed by atoms with van der Waals surface area (Å²) in [6, 6.07) is 9.50. The molecule has 0 atom stereocenters. The van der Waals surface area contributed by atoms with Crippen molar-refractivity contribution < 1.29 is 4.74 Å². The number of anilines is 1. The molecule has 1 aromatic heterocycles. The lowest BCUT2D eigenvalue weighted by Gasteiger charge is -2.29. The van der Waals surface area contributed by atoms with Crippen LogP contribution in [0.15, 0.2) is 35.3 Å². The van der Waals surface area contributed by atoms with E-state index < -0.39 is 0 Å². The smallest absolute Gasteiger partial charge is 0.297 e. The summed E-state index contributed by atoms with van der Waals surface area (Å²) in [5.74, 6) is 0.860. The third kappa shape index (κ3) is 3.11. The number of piperidine rings is 1. The average molecular weight is 324 g/mol. The molecule has 3 rings (SSSR count). The van der Waals surface area contributed by atoms with Crippen LogP contribution in [0, 0.1) is 11.3 Å². The number of methoxy groups -OCH3 is 1. The van der Waals surface area contributed by atoms with E-state index in [4.69, 9.17) is 4.74 Å². The molecule has 0 N–H and O–H groups in total. The molecule has 0 bridgehead atoms. The van der Waals surface area contributed by atoms with Gasteiger partial charge in [0.1, 0.15) is 0 Å². The summed E-state index contributed by atoms with van der Waals surface area (Å²) in [5, 5.41) is 9.30. The van der Waals surface area contributed by atoms with Crippen LogP contribution in [-0.4, -0.2) is 29.8 Å². The second kappa shape index (κ2) is 7.18. The number of rotatable bonds is 4. The summed E-state index contributed by atoms with van der Waals surface area (Å²) in [7, 11) is 1.46. The maximum absolute atomic E-state index is 12.8. The van der Waals surface area contributed by atoms with Crippen molar-refractivity contribution in [2.45, 2.75) is 25.8 Å². The molecule has 1 aromatic carbocycles. The van der Waals surface area contributed by atoms with E-state index in [1.165, 1.54) is 19.7 Å². The lowest BCUT2D eigenvalue weighted by Crippen LogP contribution is -2.36. The molecular formula is C18H20N4O2. The third-order valence-corrected chi connectivity index (χ3v) is 4.32. The normalized spacial score (nSPS) is 14.2. The molecule has 124 valence electrons. The van der Waals surface area contributed by atoms with Crippen molar-refractivity contribution in [2.75, 3.05) is 25.1 Å². The van der Waals surface area contributed by atoms with Gasteiger partial charge in [0.25, 0.3) is 5.56 Å². The largest absolute Gasteiger partial charge is 0.490 e. The van der Waals surface area contributed by atoms with Gasteiger partial charge in [-0.1, -0.05) is 18.2 Å². The first-order valence-electron chi connectivity index (χ1n) is 8.11. The predicted molar refractivity (Wildman–Crippen MR) is 91.4 cm³/mol. The first kappa shape index (κ1) is 16.1. The van der Waals surface area contributed by atoms with Crippen molar-refractivity contribution in [1.29, 1.82) is 5.26 Å². The lowest BCUT2D eigenvalue weighted by atomic mass is 10.1. The Morgan fingerprint density at radius 1 is 1.25 bits per heavy atom. The number of benzene rings is 1. The highest BCUT2D eigenvalue weighted by molar-refractivity contribution is 5.40. The number of ether oxygens (including phenoxy) is 1. The monoisotopic (exact) mass is 324 g/mol. The standard InChI is InChI=1S/C18H20N4O2/c1-24-16-12-20-18(21-9-5-2-6-10-21)22(17(16)23)13-15-8-4-3-7-14(15)11-19/h3-4,7-8,12H,2,5-6,9-10,13H2,1H3. The minimum absolute atomic E-state index is 0.213. The van der Waals surface area contributed by atoms with Crippen molar-refractivity contribution in [3.8, 4) is 11.8 Å². The Balaban J connectivity index is 2.06. The molecule has 0 radical (unpaired) electrons. The van der Waals surface area contributed by atoms with Gasteiger partial charge < -0.3 is 9.64 Å². The van der Waals surface area contributed by atoms with Crippen LogP contribution in [0.4, 0.5) is 5.95 Å². The van der Waals surface area contributed by atoms with Gasteiger partial charge in [-0.2, -0.15) is 5.26 Å². The predicted octanol–water partition coefficient (Wildman–Crippen LogP) is 2.16. The fourth-order valence-corrected chi connectivity index (χ4v) is 3.03. The third-order valence-electron chi connectivity index (χ3n) is 4.32. The van der Waals surface area contributed by atoms with E-state index in [1.54, 1.807) is 10.6 Å². The molecule has 6 heteroatoms. The molecule has 0 saturated carbocycles. The fraction of sp³-hybridized carbons (Fsp3) is 0.389. The second-order valence-corrected chi connectivity index (χ2v) is 5.83. The van der Waals surface area contributed by atoms with Gasteiger partial charge in [0, 0.05) is 13.1 Å². The van der Waals surface area contributed by atoms with E-state index in [9.17, 15) is 10.1 Å². The van der Waals surface area contributed by atoms with Crippen molar-refractivity contribution in [2.24, 2.45) is 0 Å². The molecular weight excluding hydrogens is 304 g/mol. The summed E-state index contributed by atoms with van der Waals surface area (Å²) in [4.78, 5) is 19.4. The van der Waals surface area contributed by atoms with E-state index in [0.717, 1.165) is 31.5 Å². The van der Waals surface area contributed by atoms with Gasteiger partial charge in [0.15, 0.2) is 0 Å². The summed E-state index contributed by atoms with van der Waals surface area (Å²) in [6.45, 7) is 2.08. The van der Waals surface area contributed by atoms with Gasteiger partial charge in [-0.05, 0) is 30.9 Å². The molecule has 1 aliphatic rings. The fourth-order valence-electron chi connectivity index (χ4n) is 3.03. The molecule has 0 aliphatic carbocycles. The molecule has 1 fully saturated rings. The molecule has 2 heterocycles. The van der Waals surface area contributed by atoms with Crippen LogP contribution in [0.25, 0.3) is 0 Å². The molecule has 24 heavy (non-hydrogen) atoms. The Labute approximate surface area is 140 Å². The Morgan fingerprint density at radius 2 is 2.00 bits per heavy atom. The van der Waals surface area contributed by atoms with Gasteiger partial charge in [0.05, 0.1) is 31.5 Å². The zero-order chi connectivity index (χ0) is 16.9. The van der Waals surface area contributed by atoms with E-state index in [-0.39, 0.29) is 11.3 Å². The zero-order valence-electron chi connectivity index (χ0n) is 13.7. The molecule has 0 spiro atoms. The van der Waals surface area contributed by atoms with Crippen LogP contribution < -0.4 is 15.2 Å². The van der Waals surface area contributed by atoms with Crippen molar-refractivity contribution in [3.63, 3.8) is 0 Å². The summed E-state index contributed by atoms with van der Waals surface area (Å²) < 4.78 is 6.75. The van der Waals surface area contributed by atoms with Gasteiger partial charge in [-0.25, -0.2) is 4.98 Å². The SMILES string of the molecule is COc1cnc(N2CCCCC2)n(Cc2ccccc2C#N)c1=O. The second-order valence-electron chi connectivity index (χ2n) is 5.83. The minimum atomic E-state index is -0.221. The Hall–Kier alpha value is -2.81. The van der Waals surface area contributed by atoms with Crippen molar-refractivity contribution in [3.05, 3.63) is 51.9 Å². The first-order chi connectivity index (χ1) is 11.7. The molecule has 2 aromatic rings. The highest BCUT2D eigenvalue weighted by Crippen LogP contribution is 2.19. The van der Waals surface area contributed by atoms with E-state index in [1.807, 2.05) is 18.2 Å². The van der Waals surface area contributed by atoms with Crippen LogP contribution in [0.3, 0.4) is 0 Å². The van der Waals surface area contributed by atoms with Gasteiger partial charge >= 0.3 is 0 Å². The van der Waals surface area contributed by atoms with Crippen LogP contribution in [-0.2, 0) is 6.54 Å².